The molecule has 0 aliphatic carbocycles. The van der Waals surface area contributed by atoms with Crippen molar-refractivity contribution in [3.63, 3.8) is 0 Å². The van der Waals surface area contributed by atoms with Gasteiger partial charge in [0, 0.05) is 6.54 Å². The van der Waals surface area contributed by atoms with Gasteiger partial charge < -0.3 is 15.3 Å². The molecule has 0 unspecified atom stereocenters. The van der Waals surface area contributed by atoms with Crippen LogP contribution in [-0.2, 0) is 17.7 Å². The summed E-state index contributed by atoms with van der Waals surface area (Å²) in [5.41, 5.74) is 7.16. The molecule has 2 aromatic rings. The molecule has 2 N–H and O–H groups in total. The van der Waals surface area contributed by atoms with Crippen LogP contribution in [0.5, 0.6) is 5.88 Å². The Bertz CT molecular complexity index is 734. The Morgan fingerprint density at radius 2 is 2.04 bits per heavy atom. The highest BCUT2D eigenvalue weighted by molar-refractivity contribution is 5.74. The molecule has 3 rings (SSSR count). The Balaban J connectivity index is 1.81. The van der Waals surface area contributed by atoms with Crippen LogP contribution >= 0.6 is 0 Å². The first-order valence-corrected chi connectivity index (χ1v) is 7.91. The number of nitrogens with two attached hydrogens (primary N) is 1. The highest BCUT2D eigenvalue weighted by Gasteiger charge is 2.30. The van der Waals surface area contributed by atoms with Crippen molar-refractivity contribution in [2.24, 2.45) is 0 Å². The van der Waals surface area contributed by atoms with Crippen molar-refractivity contribution in [1.29, 1.82) is 0 Å². The Morgan fingerprint density at radius 1 is 1.33 bits per heavy atom. The number of fused-ring (bicyclic) bond motifs is 1. The third kappa shape index (κ3) is 3.51. The molecular weight excluding hydrogens is 308 g/mol. The van der Waals surface area contributed by atoms with Gasteiger partial charge in [-0.1, -0.05) is 30.3 Å². The molecule has 7 heteroatoms. The summed E-state index contributed by atoms with van der Waals surface area (Å²) in [6.07, 6.45) is 0.0635. The van der Waals surface area contributed by atoms with Crippen molar-refractivity contribution in [1.82, 2.24) is 14.8 Å². The van der Waals surface area contributed by atoms with Crippen molar-refractivity contribution < 1.29 is 14.4 Å². The molecule has 1 aromatic heterocycles. The lowest BCUT2D eigenvalue weighted by molar-refractivity contribution is -0.0841. The quantitative estimate of drug-likeness (QED) is 0.911. The Hall–Kier alpha value is -2.54. The molecule has 0 fully saturated rings. The summed E-state index contributed by atoms with van der Waals surface area (Å²) in [5, 5.41) is 5.88. The lowest BCUT2D eigenvalue weighted by atomic mass is 10.2. The fourth-order valence-electron chi connectivity index (χ4n) is 2.51. The van der Waals surface area contributed by atoms with Crippen LogP contribution in [0.4, 0.5) is 10.6 Å². The van der Waals surface area contributed by atoms with Crippen molar-refractivity contribution in [3.8, 4) is 5.88 Å². The fraction of sp³-hybridized carbons (Fsp3) is 0.412. The Labute approximate surface area is 140 Å². The molecule has 1 aliphatic heterocycles. The number of ether oxygens (including phenoxy) is 1. The van der Waals surface area contributed by atoms with Gasteiger partial charge in [-0.2, -0.15) is 0 Å². The first-order chi connectivity index (χ1) is 11.3. The molecule has 0 radical (unpaired) electrons. The third-order valence-corrected chi connectivity index (χ3v) is 3.56. The first kappa shape index (κ1) is 16.3. The lowest BCUT2D eigenvalue weighted by Gasteiger charge is -2.27. The highest BCUT2D eigenvalue weighted by atomic mass is 16.7. The summed E-state index contributed by atoms with van der Waals surface area (Å²) >= 11 is 0. The van der Waals surface area contributed by atoms with Gasteiger partial charge in [0.15, 0.2) is 5.82 Å². The van der Waals surface area contributed by atoms with Gasteiger partial charge >= 0.3 is 6.09 Å². The van der Waals surface area contributed by atoms with E-state index in [1.54, 1.807) is 25.8 Å². The van der Waals surface area contributed by atoms with Gasteiger partial charge in [0.05, 0.1) is 12.1 Å². The van der Waals surface area contributed by atoms with Crippen LogP contribution in [0.3, 0.4) is 0 Å². The van der Waals surface area contributed by atoms with Crippen LogP contribution in [-0.4, -0.2) is 33.1 Å². The van der Waals surface area contributed by atoms with Gasteiger partial charge in [-0.15, -0.1) is 14.8 Å². The maximum atomic E-state index is 12.3. The summed E-state index contributed by atoms with van der Waals surface area (Å²) in [6, 6.07) is 9.98. The van der Waals surface area contributed by atoms with E-state index < -0.39 is 11.7 Å². The van der Waals surface area contributed by atoms with Crippen LogP contribution in [0.2, 0.25) is 0 Å². The monoisotopic (exact) mass is 330 g/mol. The predicted molar refractivity (Wildman–Crippen MR) is 89.5 cm³/mol. The second-order valence-corrected chi connectivity index (χ2v) is 6.75. The summed E-state index contributed by atoms with van der Waals surface area (Å²) in [6.45, 7) is 6.68. The molecular formula is C17H22N4O3. The van der Waals surface area contributed by atoms with E-state index in [1.807, 2.05) is 30.3 Å². The van der Waals surface area contributed by atoms with E-state index in [9.17, 15) is 4.79 Å². The van der Waals surface area contributed by atoms with Crippen LogP contribution in [0.15, 0.2) is 30.3 Å². The zero-order valence-electron chi connectivity index (χ0n) is 14.2. The number of carbonyl (C=O) groups is 1. The molecule has 0 saturated carbocycles. The predicted octanol–water partition coefficient (Wildman–Crippen LogP) is 2.60. The number of anilines is 1. The van der Waals surface area contributed by atoms with Crippen LogP contribution in [0.25, 0.3) is 0 Å². The van der Waals surface area contributed by atoms with Gasteiger partial charge in [-0.3, -0.25) is 0 Å². The van der Waals surface area contributed by atoms with Gasteiger partial charge in [0.25, 0.3) is 5.88 Å². The maximum absolute atomic E-state index is 12.3. The summed E-state index contributed by atoms with van der Waals surface area (Å²) in [7, 11) is 0. The largest absolute Gasteiger partial charge is 0.442 e. The van der Waals surface area contributed by atoms with Crippen molar-refractivity contribution >= 4 is 11.9 Å². The number of hydroxylamine groups is 2. The topological polar surface area (TPSA) is 82.6 Å². The standard InChI is InChI=1S/C17H22N4O3/c1-17(2,3)23-16(22)21-15-13(14(18)19-21)9-10-20(24-15)11-12-7-5-4-6-8-12/h4-8H,9-11H2,1-3H3,(H2,18,19). The fourth-order valence-corrected chi connectivity index (χ4v) is 2.51. The van der Waals surface area contributed by atoms with Crippen molar-refractivity contribution in [3.05, 3.63) is 41.5 Å². The average molecular weight is 330 g/mol. The van der Waals surface area contributed by atoms with E-state index in [-0.39, 0.29) is 0 Å². The summed E-state index contributed by atoms with van der Waals surface area (Å²) in [4.78, 5) is 18.2. The summed E-state index contributed by atoms with van der Waals surface area (Å²) < 4.78 is 6.47. The van der Waals surface area contributed by atoms with E-state index in [0.29, 0.717) is 31.2 Å². The molecule has 0 atom stereocenters. The highest BCUT2D eigenvalue weighted by Crippen LogP contribution is 2.30. The zero-order valence-corrected chi connectivity index (χ0v) is 14.2. The minimum absolute atomic E-state index is 0.301. The maximum Gasteiger partial charge on any atom is 0.438 e. The summed E-state index contributed by atoms with van der Waals surface area (Å²) in [5.74, 6) is 0.638. The van der Waals surface area contributed by atoms with Crippen LogP contribution in [0, 0.1) is 0 Å². The van der Waals surface area contributed by atoms with Gasteiger partial charge in [-0.25, -0.2) is 4.79 Å². The average Bonchev–Trinajstić information content (AvgIpc) is 2.83. The normalized spacial score (nSPS) is 14.8. The molecule has 24 heavy (non-hydrogen) atoms. The SMILES string of the molecule is CC(C)(C)OC(=O)n1nc(N)c2c1ON(Cc1ccccc1)CC2. The molecule has 1 aliphatic rings. The number of aromatic nitrogens is 2. The number of hydrogen-bond acceptors (Lipinski definition) is 6. The van der Waals surface area contributed by atoms with E-state index in [1.165, 1.54) is 0 Å². The second kappa shape index (κ2) is 6.16. The molecule has 128 valence electrons. The molecule has 1 aromatic carbocycles. The Morgan fingerprint density at radius 3 is 2.71 bits per heavy atom. The number of nitrogen functional groups attached to an aromatic ring is 1. The smallest absolute Gasteiger partial charge is 0.438 e. The molecule has 2 heterocycles. The van der Waals surface area contributed by atoms with Gasteiger partial charge in [-0.05, 0) is 32.8 Å². The first-order valence-electron chi connectivity index (χ1n) is 7.91. The number of hydrogen-bond donors (Lipinski definition) is 1. The number of nitrogens with zero attached hydrogens (tertiary/aromatic N) is 3. The molecule has 7 nitrogen and oxygen atoms in total. The van der Waals surface area contributed by atoms with Crippen molar-refractivity contribution in [2.75, 3.05) is 12.3 Å². The molecule has 0 amide bonds. The third-order valence-electron chi connectivity index (χ3n) is 3.56. The molecule has 0 spiro atoms. The number of carbonyl (C=O) groups excluding carboxylic acids is 1. The minimum atomic E-state index is -0.622. The lowest BCUT2D eigenvalue weighted by Crippen LogP contribution is -2.35. The molecule has 0 bridgehead atoms. The Kier molecular flexibility index (Phi) is 4.19. The van der Waals surface area contributed by atoms with Gasteiger partial charge in [0.1, 0.15) is 5.60 Å². The van der Waals surface area contributed by atoms with Crippen LogP contribution in [0.1, 0.15) is 31.9 Å². The van der Waals surface area contributed by atoms with Gasteiger partial charge in [0.2, 0.25) is 0 Å². The van der Waals surface area contributed by atoms with Crippen LogP contribution < -0.4 is 10.6 Å². The van der Waals surface area contributed by atoms with E-state index in [4.69, 9.17) is 15.3 Å². The minimum Gasteiger partial charge on any atom is -0.442 e. The second-order valence-electron chi connectivity index (χ2n) is 6.75. The van der Waals surface area contributed by atoms with E-state index >= 15 is 0 Å². The number of rotatable bonds is 2. The van der Waals surface area contributed by atoms with Crippen molar-refractivity contribution in [2.45, 2.75) is 39.3 Å². The zero-order chi connectivity index (χ0) is 17.3. The molecule has 0 saturated heterocycles. The van der Waals surface area contributed by atoms with E-state index in [0.717, 1.165) is 15.8 Å². The number of benzene rings is 1. The van der Waals surface area contributed by atoms with E-state index in [2.05, 4.69) is 5.10 Å².